The Labute approximate surface area is 213 Å². The first-order chi connectivity index (χ1) is 18.3. The van der Waals surface area contributed by atoms with E-state index in [1.165, 1.54) is 12.3 Å². The van der Waals surface area contributed by atoms with Crippen molar-refractivity contribution < 1.29 is 31.5 Å². The molecule has 0 saturated carbocycles. The molecule has 1 N–H and O–H groups in total. The molecule has 0 aliphatic carbocycles. The Morgan fingerprint density at radius 3 is 2.61 bits per heavy atom. The van der Waals surface area contributed by atoms with Gasteiger partial charge in [0.15, 0.2) is 11.6 Å². The first-order valence-electron chi connectivity index (χ1n) is 12.0. The third-order valence-corrected chi connectivity index (χ3v) is 6.88. The van der Waals surface area contributed by atoms with Crippen molar-refractivity contribution in [3.63, 3.8) is 0 Å². The average molecular weight is 525 g/mol. The fraction of sp³-hybridized carbons (Fsp3) is 0.214. The SMILES string of the molecule is O=C(NC1CCOc2ccccc21)c1cnc2c(-c3cc(F)cc(F)c3F)c(F)ccc2c1N1CC(F)C1. The van der Waals surface area contributed by atoms with Crippen molar-refractivity contribution >= 4 is 22.5 Å². The van der Waals surface area contributed by atoms with Gasteiger partial charge in [-0.05, 0) is 24.3 Å². The monoisotopic (exact) mass is 525 g/mol. The molecule has 1 saturated heterocycles. The molecule has 2 aliphatic rings. The minimum atomic E-state index is -1.48. The summed E-state index contributed by atoms with van der Waals surface area (Å²) in [6, 6.07) is 10.4. The highest BCUT2D eigenvalue weighted by molar-refractivity contribution is 6.10. The minimum absolute atomic E-state index is 0.0187. The average Bonchev–Trinajstić information content (AvgIpc) is 2.88. The van der Waals surface area contributed by atoms with E-state index in [1.54, 1.807) is 4.90 Å². The number of nitrogens with one attached hydrogen (secondary N) is 1. The van der Waals surface area contributed by atoms with Gasteiger partial charge >= 0.3 is 0 Å². The van der Waals surface area contributed by atoms with Gasteiger partial charge in [-0.15, -0.1) is 0 Å². The molecule has 1 atom stereocenters. The van der Waals surface area contributed by atoms with Crippen molar-refractivity contribution in [3.8, 4) is 16.9 Å². The van der Waals surface area contributed by atoms with Crippen LogP contribution in [0.5, 0.6) is 5.75 Å². The molecule has 0 bridgehead atoms. The molecule has 3 heterocycles. The molecule has 5 nitrogen and oxygen atoms in total. The molecule has 38 heavy (non-hydrogen) atoms. The Hall–Kier alpha value is -4.21. The van der Waals surface area contributed by atoms with Crippen LogP contribution in [0, 0.1) is 23.3 Å². The molecule has 194 valence electrons. The lowest BCUT2D eigenvalue weighted by molar-refractivity contribution is 0.0924. The summed E-state index contributed by atoms with van der Waals surface area (Å²) < 4.78 is 77.3. The molecule has 1 amide bonds. The van der Waals surface area contributed by atoms with Crippen molar-refractivity contribution in [1.29, 1.82) is 0 Å². The Kier molecular flexibility index (Phi) is 5.89. The predicted molar refractivity (Wildman–Crippen MR) is 131 cm³/mol. The number of halogens is 5. The number of para-hydroxylation sites is 1. The minimum Gasteiger partial charge on any atom is -0.493 e. The molecule has 4 aromatic rings. The van der Waals surface area contributed by atoms with Gasteiger partial charge in [-0.3, -0.25) is 9.78 Å². The van der Waals surface area contributed by atoms with E-state index in [0.29, 0.717) is 30.9 Å². The lowest BCUT2D eigenvalue weighted by Crippen LogP contribution is -2.49. The second kappa shape index (κ2) is 9.27. The normalized spacial score (nSPS) is 17.1. The Balaban J connectivity index is 1.48. The summed E-state index contributed by atoms with van der Waals surface area (Å²) in [4.78, 5) is 19.4. The van der Waals surface area contributed by atoms with E-state index < -0.39 is 46.5 Å². The van der Waals surface area contributed by atoms with Crippen molar-refractivity contribution in [1.82, 2.24) is 10.3 Å². The summed E-state index contributed by atoms with van der Waals surface area (Å²) in [6.45, 7) is 0.364. The summed E-state index contributed by atoms with van der Waals surface area (Å²) in [7, 11) is 0. The zero-order chi connectivity index (χ0) is 26.6. The second-order valence-corrected chi connectivity index (χ2v) is 9.29. The topological polar surface area (TPSA) is 54.5 Å². The quantitative estimate of drug-likeness (QED) is 0.268. The van der Waals surface area contributed by atoms with Crippen molar-refractivity contribution in [2.75, 3.05) is 24.6 Å². The van der Waals surface area contributed by atoms with Gasteiger partial charge in [0.2, 0.25) is 0 Å². The Morgan fingerprint density at radius 1 is 1.03 bits per heavy atom. The van der Waals surface area contributed by atoms with Crippen LogP contribution in [0.15, 0.2) is 54.7 Å². The number of rotatable bonds is 4. The molecule has 6 rings (SSSR count). The number of nitrogens with zero attached hydrogens (tertiary/aromatic N) is 2. The van der Waals surface area contributed by atoms with E-state index in [1.807, 2.05) is 24.3 Å². The van der Waals surface area contributed by atoms with E-state index in [9.17, 15) is 22.4 Å². The predicted octanol–water partition coefficient (Wildman–Crippen LogP) is 5.87. The number of anilines is 1. The summed E-state index contributed by atoms with van der Waals surface area (Å²) in [5, 5.41) is 3.20. The van der Waals surface area contributed by atoms with E-state index in [2.05, 4.69) is 10.3 Å². The van der Waals surface area contributed by atoms with Crippen LogP contribution >= 0.6 is 0 Å². The standard InChI is InChI=1S/C28H20F5N3O2/c29-14-9-18(25(33)21(32)10-14)24-20(31)6-5-17-26(24)34-11-19(27(17)36-12-15(30)13-36)28(37)35-22-7-8-38-23-4-2-1-3-16(22)23/h1-6,9-11,15,22H,7-8,12-13H2,(H,35,37). The number of hydrogen-bond acceptors (Lipinski definition) is 4. The highest BCUT2D eigenvalue weighted by Gasteiger charge is 2.33. The van der Waals surface area contributed by atoms with Crippen LogP contribution in [-0.4, -0.2) is 36.8 Å². The van der Waals surface area contributed by atoms with Gasteiger partial charge in [0.05, 0.1) is 42.5 Å². The fourth-order valence-electron chi connectivity index (χ4n) is 5.06. The van der Waals surface area contributed by atoms with E-state index in [0.717, 1.165) is 11.6 Å². The molecule has 1 fully saturated rings. The molecule has 1 unspecified atom stereocenters. The molecule has 3 aromatic carbocycles. The number of hydrogen-bond donors (Lipinski definition) is 1. The molecular formula is C28H20F5N3O2. The Bertz CT molecular complexity index is 1590. The number of benzene rings is 3. The number of carbonyl (C=O) groups is 1. The zero-order valence-corrected chi connectivity index (χ0v) is 19.8. The number of fused-ring (bicyclic) bond motifs is 2. The van der Waals surface area contributed by atoms with E-state index >= 15 is 4.39 Å². The number of pyridine rings is 1. The third-order valence-electron chi connectivity index (χ3n) is 6.88. The first kappa shape index (κ1) is 24.1. The molecule has 10 heteroatoms. The van der Waals surface area contributed by atoms with Gasteiger partial charge in [-0.25, -0.2) is 22.0 Å². The van der Waals surface area contributed by atoms with Crippen LogP contribution in [0.3, 0.4) is 0 Å². The largest absolute Gasteiger partial charge is 0.493 e. The van der Waals surface area contributed by atoms with Gasteiger partial charge in [0.25, 0.3) is 5.91 Å². The highest BCUT2D eigenvalue weighted by atomic mass is 19.2. The first-order valence-corrected chi connectivity index (χ1v) is 12.0. The number of carbonyl (C=O) groups excluding carboxylic acids is 1. The van der Waals surface area contributed by atoms with Crippen LogP contribution in [0.2, 0.25) is 0 Å². The van der Waals surface area contributed by atoms with E-state index in [4.69, 9.17) is 4.74 Å². The fourth-order valence-corrected chi connectivity index (χ4v) is 5.06. The molecule has 2 aliphatic heterocycles. The van der Waals surface area contributed by atoms with Gasteiger partial charge in [-0.2, -0.15) is 0 Å². The molecule has 0 spiro atoms. The lowest BCUT2D eigenvalue weighted by Gasteiger charge is -2.38. The van der Waals surface area contributed by atoms with Gasteiger partial charge in [0.1, 0.15) is 23.6 Å². The van der Waals surface area contributed by atoms with Gasteiger partial charge in [-0.1, -0.05) is 18.2 Å². The maximum absolute atomic E-state index is 15.0. The van der Waals surface area contributed by atoms with Crippen LogP contribution in [0.25, 0.3) is 22.0 Å². The number of ether oxygens (including phenoxy) is 1. The number of alkyl halides is 1. The highest BCUT2D eigenvalue weighted by Crippen LogP contribution is 2.40. The van der Waals surface area contributed by atoms with Crippen LogP contribution in [0.4, 0.5) is 27.6 Å². The van der Waals surface area contributed by atoms with Crippen molar-refractivity contribution in [2.45, 2.75) is 18.6 Å². The van der Waals surface area contributed by atoms with Crippen molar-refractivity contribution in [3.05, 3.63) is 89.1 Å². The van der Waals surface area contributed by atoms with Gasteiger partial charge < -0.3 is 15.0 Å². The van der Waals surface area contributed by atoms with Crippen molar-refractivity contribution in [2.24, 2.45) is 0 Å². The van der Waals surface area contributed by atoms with Crippen LogP contribution < -0.4 is 15.0 Å². The number of amides is 1. The Morgan fingerprint density at radius 2 is 1.82 bits per heavy atom. The van der Waals surface area contributed by atoms with Crippen LogP contribution in [0.1, 0.15) is 28.4 Å². The summed E-state index contributed by atoms with van der Waals surface area (Å²) >= 11 is 0. The lowest BCUT2D eigenvalue weighted by atomic mass is 9.96. The second-order valence-electron chi connectivity index (χ2n) is 9.29. The maximum atomic E-state index is 15.0. The summed E-state index contributed by atoms with van der Waals surface area (Å²) in [5.74, 6) is -4.80. The zero-order valence-electron chi connectivity index (χ0n) is 19.8. The summed E-state index contributed by atoms with van der Waals surface area (Å²) in [5.41, 5.74) is -0.0197. The number of aromatic nitrogens is 1. The third kappa shape index (κ3) is 4.00. The molecule has 0 radical (unpaired) electrons. The smallest absolute Gasteiger partial charge is 0.255 e. The summed E-state index contributed by atoms with van der Waals surface area (Å²) in [6.07, 6.45) is 0.585. The molecule has 1 aromatic heterocycles. The van der Waals surface area contributed by atoms with Crippen LogP contribution in [-0.2, 0) is 0 Å². The maximum Gasteiger partial charge on any atom is 0.255 e. The molecular weight excluding hydrogens is 505 g/mol. The van der Waals surface area contributed by atoms with E-state index in [-0.39, 0.29) is 41.3 Å². The van der Waals surface area contributed by atoms with Gasteiger partial charge in [0, 0.05) is 40.8 Å².